The third-order valence-electron chi connectivity index (χ3n) is 2.21. The zero-order valence-electron chi connectivity index (χ0n) is 9.25. The normalized spacial score (nSPS) is 9.72. The van der Waals surface area contributed by atoms with Gasteiger partial charge in [-0.3, -0.25) is 4.79 Å². The van der Waals surface area contributed by atoms with E-state index < -0.39 is 5.91 Å². The van der Waals surface area contributed by atoms with Crippen LogP contribution in [0.1, 0.15) is 10.5 Å². The first-order valence-electron chi connectivity index (χ1n) is 5.03. The van der Waals surface area contributed by atoms with E-state index in [2.05, 4.69) is 15.4 Å². The Morgan fingerprint density at radius 2 is 2.11 bits per heavy atom. The molecule has 0 aliphatic heterocycles. The minimum atomic E-state index is -0.649. The van der Waals surface area contributed by atoms with Crippen molar-refractivity contribution in [2.24, 2.45) is 5.73 Å². The molecule has 0 aliphatic carbocycles. The number of hydrogen-bond donors (Lipinski definition) is 2. The molecule has 2 aromatic rings. The van der Waals surface area contributed by atoms with Gasteiger partial charge in [0.15, 0.2) is 12.3 Å². The molecule has 1 aromatic carbocycles. The van der Waals surface area contributed by atoms with Gasteiger partial charge in [0.05, 0.1) is 0 Å². The number of primary amides is 1. The first-order chi connectivity index (χ1) is 8.72. The predicted octanol–water partition coefficient (Wildman–Crippen LogP) is 0.473. The van der Waals surface area contributed by atoms with Gasteiger partial charge in [-0.1, -0.05) is 0 Å². The number of aromatic nitrogens is 3. The summed E-state index contributed by atoms with van der Waals surface area (Å²) in [6.45, 7) is -0.0180. The molecule has 0 aliphatic rings. The number of aromatic amines is 1. The van der Waals surface area contributed by atoms with E-state index in [1.165, 1.54) is 0 Å². The van der Waals surface area contributed by atoms with E-state index >= 15 is 0 Å². The van der Waals surface area contributed by atoms with E-state index in [9.17, 15) is 4.79 Å². The number of hydrogen-bond acceptors (Lipinski definition) is 5. The molecule has 0 spiro atoms. The summed E-state index contributed by atoms with van der Waals surface area (Å²) in [6.07, 6.45) is 0. The average Bonchev–Trinajstić information content (AvgIpc) is 2.86. The Morgan fingerprint density at radius 1 is 1.39 bits per heavy atom. The monoisotopic (exact) mass is 243 g/mol. The Bertz CT molecular complexity index is 597. The van der Waals surface area contributed by atoms with E-state index in [0.29, 0.717) is 17.0 Å². The minimum absolute atomic E-state index is 0.0180. The van der Waals surface area contributed by atoms with Crippen molar-refractivity contribution in [3.8, 4) is 23.1 Å². The fraction of sp³-hybridized carbons (Fsp3) is 0.0909. The van der Waals surface area contributed by atoms with Gasteiger partial charge >= 0.3 is 0 Å². The third kappa shape index (κ3) is 2.27. The molecule has 0 saturated carbocycles. The molecule has 0 radical (unpaired) electrons. The number of benzene rings is 1. The summed E-state index contributed by atoms with van der Waals surface area (Å²) in [7, 11) is 0. The molecule has 90 valence electrons. The van der Waals surface area contributed by atoms with Crippen molar-refractivity contribution in [2.45, 2.75) is 0 Å². The fourth-order valence-electron chi connectivity index (χ4n) is 1.43. The first-order valence-corrected chi connectivity index (χ1v) is 5.03. The van der Waals surface area contributed by atoms with Crippen LogP contribution >= 0.6 is 0 Å². The summed E-state index contributed by atoms with van der Waals surface area (Å²) in [6, 6.07) is 8.63. The van der Waals surface area contributed by atoms with Crippen LogP contribution < -0.4 is 10.5 Å². The Balaban J connectivity index is 2.26. The van der Waals surface area contributed by atoms with E-state index in [1.54, 1.807) is 24.3 Å². The quantitative estimate of drug-likeness (QED) is 0.809. The zero-order chi connectivity index (χ0) is 13.0. The highest BCUT2D eigenvalue weighted by Crippen LogP contribution is 2.22. The second-order valence-corrected chi connectivity index (χ2v) is 3.36. The summed E-state index contributed by atoms with van der Waals surface area (Å²) in [5.41, 5.74) is 6.32. The number of carbonyl (C=O) groups is 1. The van der Waals surface area contributed by atoms with Crippen molar-refractivity contribution in [3.05, 3.63) is 30.0 Å². The van der Waals surface area contributed by atoms with Crippen molar-refractivity contribution < 1.29 is 9.53 Å². The number of H-pyrrole nitrogens is 1. The average molecular weight is 243 g/mol. The largest absolute Gasteiger partial charge is 0.479 e. The van der Waals surface area contributed by atoms with Crippen LogP contribution in [0.15, 0.2) is 24.3 Å². The number of rotatable bonds is 4. The second-order valence-electron chi connectivity index (χ2n) is 3.36. The molecule has 18 heavy (non-hydrogen) atoms. The fourth-order valence-corrected chi connectivity index (χ4v) is 1.43. The van der Waals surface area contributed by atoms with Gasteiger partial charge in [0.1, 0.15) is 17.5 Å². The Hall–Kier alpha value is -2.88. The van der Waals surface area contributed by atoms with Gasteiger partial charge in [0, 0.05) is 5.56 Å². The Kier molecular flexibility index (Phi) is 3.20. The molecule has 7 heteroatoms. The Labute approximate surface area is 102 Å². The highest BCUT2D eigenvalue weighted by molar-refractivity contribution is 5.96. The molecule has 0 unspecified atom stereocenters. The van der Waals surface area contributed by atoms with Crippen molar-refractivity contribution in [1.29, 1.82) is 5.26 Å². The molecule has 1 amide bonds. The molecule has 0 bridgehead atoms. The molecule has 0 saturated heterocycles. The van der Waals surface area contributed by atoms with Crippen LogP contribution in [-0.2, 0) is 0 Å². The number of nitrogens with zero attached hydrogens (tertiary/aromatic N) is 3. The van der Waals surface area contributed by atoms with Crippen LogP contribution in [0.3, 0.4) is 0 Å². The molecule has 0 atom stereocenters. The topological polar surface area (TPSA) is 118 Å². The van der Waals surface area contributed by atoms with Gasteiger partial charge in [-0.15, -0.1) is 0 Å². The van der Waals surface area contributed by atoms with Crippen LogP contribution in [0.5, 0.6) is 5.75 Å². The van der Waals surface area contributed by atoms with Crippen molar-refractivity contribution >= 4 is 5.91 Å². The van der Waals surface area contributed by atoms with E-state index in [4.69, 9.17) is 15.7 Å². The Morgan fingerprint density at radius 3 is 2.72 bits per heavy atom. The van der Waals surface area contributed by atoms with Gasteiger partial charge in [-0.2, -0.15) is 20.7 Å². The minimum Gasteiger partial charge on any atom is -0.479 e. The number of amides is 1. The van der Waals surface area contributed by atoms with E-state index in [1.807, 2.05) is 6.07 Å². The second kappa shape index (κ2) is 4.97. The van der Waals surface area contributed by atoms with Crippen LogP contribution in [-0.4, -0.2) is 27.9 Å². The van der Waals surface area contributed by atoms with Crippen LogP contribution in [0.2, 0.25) is 0 Å². The number of nitrogens with two attached hydrogens (primary N) is 1. The van der Waals surface area contributed by atoms with E-state index in [-0.39, 0.29) is 12.3 Å². The van der Waals surface area contributed by atoms with E-state index in [0.717, 1.165) is 0 Å². The lowest BCUT2D eigenvalue weighted by Crippen LogP contribution is -2.12. The van der Waals surface area contributed by atoms with Gasteiger partial charge in [-0.05, 0) is 24.3 Å². The predicted molar refractivity (Wildman–Crippen MR) is 61.4 cm³/mol. The lowest BCUT2D eigenvalue weighted by Gasteiger charge is -2.02. The highest BCUT2D eigenvalue weighted by atomic mass is 16.5. The molecule has 1 aromatic heterocycles. The lowest BCUT2D eigenvalue weighted by atomic mass is 10.1. The molecular formula is C11H9N5O2. The summed E-state index contributed by atoms with van der Waals surface area (Å²) in [4.78, 5) is 11.1. The maximum absolute atomic E-state index is 11.1. The van der Waals surface area contributed by atoms with Gasteiger partial charge in [0.2, 0.25) is 0 Å². The van der Waals surface area contributed by atoms with Gasteiger partial charge in [0.25, 0.3) is 5.91 Å². The van der Waals surface area contributed by atoms with Crippen LogP contribution in [0.25, 0.3) is 11.3 Å². The maximum atomic E-state index is 11.1. The third-order valence-corrected chi connectivity index (χ3v) is 2.21. The molecular weight excluding hydrogens is 234 g/mol. The number of ether oxygens (including phenoxy) is 1. The molecule has 0 fully saturated rings. The van der Waals surface area contributed by atoms with Crippen LogP contribution in [0, 0.1) is 11.3 Å². The first kappa shape index (κ1) is 11.6. The summed E-state index contributed by atoms with van der Waals surface area (Å²) in [5.74, 6) is -0.0898. The number of nitrogens with one attached hydrogen (secondary N) is 1. The van der Waals surface area contributed by atoms with Crippen molar-refractivity contribution in [1.82, 2.24) is 15.4 Å². The molecule has 3 N–H and O–H groups in total. The number of carbonyl (C=O) groups excluding carboxylic acids is 1. The summed E-state index contributed by atoms with van der Waals surface area (Å²) in [5, 5.41) is 18.3. The van der Waals surface area contributed by atoms with Crippen molar-refractivity contribution in [2.75, 3.05) is 6.61 Å². The number of nitriles is 1. The standard InChI is InChI=1S/C11H9N5O2/c12-5-6-18-8-3-1-7(2-4-8)9-10(11(13)17)15-16-14-9/h1-4H,6H2,(H2,13,17)(H,14,15,16). The highest BCUT2D eigenvalue weighted by Gasteiger charge is 2.14. The summed E-state index contributed by atoms with van der Waals surface area (Å²) < 4.78 is 5.11. The SMILES string of the molecule is N#CCOc1ccc(-c2n[nH]nc2C(N)=O)cc1. The smallest absolute Gasteiger partial charge is 0.271 e. The van der Waals surface area contributed by atoms with Gasteiger partial charge < -0.3 is 10.5 Å². The molecule has 1 heterocycles. The van der Waals surface area contributed by atoms with Crippen LogP contribution in [0.4, 0.5) is 0 Å². The van der Waals surface area contributed by atoms with Crippen molar-refractivity contribution in [3.63, 3.8) is 0 Å². The zero-order valence-corrected chi connectivity index (χ0v) is 9.25. The van der Waals surface area contributed by atoms with Gasteiger partial charge in [-0.25, -0.2) is 0 Å². The molecule has 2 rings (SSSR count). The molecule has 7 nitrogen and oxygen atoms in total. The lowest BCUT2D eigenvalue weighted by molar-refractivity contribution is 0.0996. The maximum Gasteiger partial charge on any atom is 0.271 e. The summed E-state index contributed by atoms with van der Waals surface area (Å²) >= 11 is 0.